The van der Waals surface area contributed by atoms with Crippen LogP contribution in [0.15, 0.2) is 54.7 Å². The number of nitrogens with one attached hydrogen (secondary N) is 1. The lowest BCUT2D eigenvalue weighted by Crippen LogP contribution is -2.54. The Kier molecular flexibility index (Phi) is 8.13. The van der Waals surface area contributed by atoms with Gasteiger partial charge in [0.05, 0.1) is 18.0 Å². The molecule has 5 rings (SSSR count). The van der Waals surface area contributed by atoms with Crippen molar-refractivity contribution in [1.82, 2.24) is 19.8 Å². The number of carbonyl (C=O) groups excluding carboxylic acids is 2. The van der Waals surface area contributed by atoms with Crippen LogP contribution in [0.2, 0.25) is 0 Å². The summed E-state index contributed by atoms with van der Waals surface area (Å²) in [6.45, 7) is 7.71. The normalized spacial score (nSPS) is 18.6. The van der Waals surface area contributed by atoms with E-state index >= 15 is 0 Å². The highest BCUT2D eigenvalue weighted by Gasteiger charge is 2.35. The molecule has 2 saturated heterocycles. The number of likely N-dealkylation sites (tertiary alicyclic amines) is 1. The van der Waals surface area contributed by atoms with Crippen molar-refractivity contribution < 1.29 is 19.1 Å². The van der Waals surface area contributed by atoms with Crippen LogP contribution < -0.4 is 5.32 Å². The van der Waals surface area contributed by atoms with Crippen LogP contribution in [0.25, 0.3) is 10.4 Å². The highest BCUT2D eigenvalue weighted by Crippen LogP contribution is 2.32. The van der Waals surface area contributed by atoms with Crippen molar-refractivity contribution in [3.63, 3.8) is 0 Å². The molecule has 1 aromatic carbocycles. The number of benzene rings is 1. The quantitative estimate of drug-likeness (QED) is 0.462. The minimum atomic E-state index is -0.660. The molecule has 1 N–H and O–H groups in total. The summed E-state index contributed by atoms with van der Waals surface area (Å²) in [7, 11) is 0. The van der Waals surface area contributed by atoms with E-state index in [9.17, 15) is 9.59 Å². The fraction of sp³-hybridized carbons (Fsp3) is 0.448. The van der Waals surface area contributed by atoms with Gasteiger partial charge in [0.15, 0.2) is 11.2 Å². The Bertz CT molecular complexity index is 1280. The van der Waals surface area contributed by atoms with Gasteiger partial charge < -0.3 is 24.6 Å². The van der Waals surface area contributed by atoms with E-state index in [0.717, 1.165) is 39.9 Å². The number of ether oxygens (including phenoxy) is 2. The molecule has 0 unspecified atom stereocenters. The van der Waals surface area contributed by atoms with Crippen LogP contribution in [0.1, 0.15) is 45.2 Å². The predicted molar refractivity (Wildman–Crippen MR) is 151 cm³/mol. The van der Waals surface area contributed by atoms with Crippen LogP contribution in [0.4, 0.5) is 15.7 Å². The van der Waals surface area contributed by atoms with Crippen molar-refractivity contribution in [2.24, 2.45) is 0 Å². The van der Waals surface area contributed by atoms with Crippen LogP contribution in [-0.2, 0) is 14.3 Å². The van der Waals surface area contributed by atoms with E-state index in [4.69, 9.17) is 14.5 Å². The molecular formula is C29H35N5O4S. The summed E-state index contributed by atoms with van der Waals surface area (Å²) >= 11 is 1.59. The van der Waals surface area contributed by atoms with Gasteiger partial charge in [-0.2, -0.15) is 0 Å². The Morgan fingerprint density at radius 2 is 1.79 bits per heavy atom. The standard InChI is InChI=1S/C29H35N5O4S/c1-29(2,3)38-28(36)34-16-17-37-23(19-34)26(35)33-14-12-20(13-15-33)22-10-7-11-25(31-22)32-27-30-18-24(39-27)21-8-5-4-6-9-21/h4-11,18,20,23H,12-17,19H2,1-3H3,(H,30,31,32)/t23-/m0/s1. The second kappa shape index (κ2) is 11.7. The van der Waals surface area contributed by atoms with Crippen molar-refractivity contribution in [3.05, 3.63) is 60.4 Å². The largest absolute Gasteiger partial charge is 0.444 e. The van der Waals surface area contributed by atoms with E-state index < -0.39 is 17.8 Å². The average Bonchev–Trinajstić information content (AvgIpc) is 3.41. The third kappa shape index (κ3) is 6.93. The number of anilines is 2. The topological polar surface area (TPSA) is 96.9 Å². The van der Waals surface area contributed by atoms with E-state index in [-0.39, 0.29) is 18.4 Å². The van der Waals surface area contributed by atoms with Gasteiger partial charge in [0.25, 0.3) is 5.91 Å². The number of rotatable bonds is 5. The summed E-state index contributed by atoms with van der Waals surface area (Å²) < 4.78 is 11.2. The lowest BCUT2D eigenvalue weighted by atomic mass is 9.92. The van der Waals surface area contributed by atoms with Gasteiger partial charge in [-0.1, -0.05) is 47.7 Å². The summed E-state index contributed by atoms with van der Waals surface area (Å²) in [6, 6.07) is 16.2. The first-order valence-corrected chi connectivity index (χ1v) is 14.2. The molecule has 2 aliphatic heterocycles. The number of pyridine rings is 1. The zero-order valence-electron chi connectivity index (χ0n) is 22.6. The highest BCUT2D eigenvalue weighted by molar-refractivity contribution is 7.18. The van der Waals surface area contributed by atoms with Gasteiger partial charge in [0, 0.05) is 37.4 Å². The Morgan fingerprint density at radius 1 is 1.03 bits per heavy atom. The van der Waals surface area contributed by atoms with Crippen molar-refractivity contribution in [2.75, 3.05) is 38.1 Å². The van der Waals surface area contributed by atoms with E-state index in [2.05, 4.69) is 22.4 Å². The van der Waals surface area contributed by atoms with Crippen LogP contribution in [0.5, 0.6) is 0 Å². The Hall–Kier alpha value is -3.50. The Morgan fingerprint density at radius 3 is 2.54 bits per heavy atom. The molecule has 0 bridgehead atoms. The third-order valence-electron chi connectivity index (χ3n) is 6.79. The molecule has 10 heteroatoms. The number of thiazole rings is 1. The molecule has 0 spiro atoms. The third-order valence-corrected chi connectivity index (χ3v) is 7.75. The molecule has 2 fully saturated rings. The molecule has 1 atom stereocenters. The molecule has 4 heterocycles. The number of nitrogens with zero attached hydrogens (tertiary/aromatic N) is 4. The first kappa shape index (κ1) is 27.1. The molecule has 0 saturated carbocycles. The zero-order valence-corrected chi connectivity index (χ0v) is 23.4. The molecule has 206 valence electrons. The molecule has 0 radical (unpaired) electrons. The molecule has 0 aliphatic carbocycles. The van der Waals surface area contributed by atoms with Gasteiger partial charge in [0.2, 0.25) is 0 Å². The summed E-state index contributed by atoms with van der Waals surface area (Å²) in [5, 5.41) is 4.14. The van der Waals surface area contributed by atoms with Crippen molar-refractivity contribution in [3.8, 4) is 10.4 Å². The fourth-order valence-electron chi connectivity index (χ4n) is 4.82. The number of piperidine rings is 1. The molecular weight excluding hydrogens is 514 g/mol. The highest BCUT2D eigenvalue weighted by atomic mass is 32.1. The summed E-state index contributed by atoms with van der Waals surface area (Å²) in [4.78, 5) is 39.6. The van der Waals surface area contributed by atoms with Gasteiger partial charge in [-0.05, 0) is 51.3 Å². The second-order valence-electron chi connectivity index (χ2n) is 10.9. The van der Waals surface area contributed by atoms with Gasteiger partial charge in [-0.15, -0.1) is 0 Å². The second-order valence-corrected chi connectivity index (χ2v) is 11.9. The molecule has 3 aromatic rings. The van der Waals surface area contributed by atoms with Crippen molar-refractivity contribution >= 4 is 34.3 Å². The summed E-state index contributed by atoms with van der Waals surface area (Å²) in [6.07, 6.45) is 2.45. The summed E-state index contributed by atoms with van der Waals surface area (Å²) in [5.41, 5.74) is 1.57. The maximum Gasteiger partial charge on any atom is 0.410 e. The Balaban J connectivity index is 1.15. The average molecular weight is 550 g/mol. The van der Waals surface area contributed by atoms with E-state index in [0.29, 0.717) is 26.2 Å². The number of amides is 2. The number of aromatic nitrogens is 2. The number of carbonyl (C=O) groups is 2. The predicted octanol–water partition coefficient (Wildman–Crippen LogP) is 5.29. The maximum atomic E-state index is 13.2. The monoisotopic (exact) mass is 549 g/mol. The van der Waals surface area contributed by atoms with Crippen LogP contribution in [-0.4, -0.2) is 76.3 Å². The van der Waals surface area contributed by atoms with Crippen LogP contribution >= 0.6 is 11.3 Å². The smallest absolute Gasteiger partial charge is 0.410 e. The lowest BCUT2D eigenvalue weighted by Gasteiger charge is -2.38. The number of hydrogen-bond donors (Lipinski definition) is 1. The minimum absolute atomic E-state index is 0.0666. The first-order valence-electron chi connectivity index (χ1n) is 13.4. The SMILES string of the molecule is CC(C)(C)OC(=O)N1CCO[C@H](C(=O)N2CCC(c3cccc(Nc4ncc(-c5ccccc5)s4)n3)CC2)C1. The van der Waals surface area contributed by atoms with E-state index in [1.54, 1.807) is 16.2 Å². The van der Waals surface area contributed by atoms with Crippen molar-refractivity contribution in [1.29, 1.82) is 0 Å². The van der Waals surface area contributed by atoms with E-state index in [1.807, 2.05) is 68.3 Å². The van der Waals surface area contributed by atoms with Crippen LogP contribution in [0.3, 0.4) is 0 Å². The Labute approximate surface area is 233 Å². The molecule has 2 amide bonds. The number of hydrogen-bond acceptors (Lipinski definition) is 8. The minimum Gasteiger partial charge on any atom is -0.444 e. The zero-order chi connectivity index (χ0) is 27.4. The summed E-state index contributed by atoms with van der Waals surface area (Å²) in [5.74, 6) is 0.957. The van der Waals surface area contributed by atoms with Gasteiger partial charge in [-0.25, -0.2) is 14.8 Å². The van der Waals surface area contributed by atoms with Crippen molar-refractivity contribution in [2.45, 2.75) is 51.2 Å². The maximum absolute atomic E-state index is 13.2. The number of morpholine rings is 1. The fourth-order valence-corrected chi connectivity index (χ4v) is 5.64. The molecule has 9 nitrogen and oxygen atoms in total. The van der Waals surface area contributed by atoms with Crippen LogP contribution in [0, 0.1) is 0 Å². The molecule has 2 aliphatic rings. The van der Waals surface area contributed by atoms with E-state index in [1.165, 1.54) is 0 Å². The molecule has 2 aromatic heterocycles. The lowest BCUT2D eigenvalue weighted by molar-refractivity contribution is -0.149. The van der Waals surface area contributed by atoms with Gasteiger partial charge >= 0.3 is 6.09 Å². The van der Waals surface area contributed by atoms with Gasteiger partial charge in [0.1, 0.15) is 11.4 Å². The van der Waals surface area contributed by atoms with Gasteiger partial charge in [-0.3, -0.25) is 4.79 Å². The molecule has 39 heavy (non-hydrogen) atoms. The first-order chi connectivity index (χ1) is 18.7.